The standard InChI is InChI=1S/C17H27NO/c1-4-17(3,13-18-5-2)19-16-11-10-14-8-6-7-9-15(14)12-16/h10-12,18H,4-9,13H2,1-3H3. The van der Waals surface area contributed by atoms with Crippen LogP contribution in [0.4, 0.5) is 0 Å². The summed E-state index contributed by atoms with van der Waals surface area (Å²) < 4.78 is 6.26. The molecule has 0 aliphatic heterocycles. The van der Waals surface area contributed by atoms with Gasteiger partial charge in [0.1, 0.15) is 11.4 Å². The molecule has 0 bridgehead atoms. The number of rotatable bonds is 6. The normalized spacial score (nSPS) is 17.6. The zero-order chi connectivity index (χ0) is 13.7. The highest BCUT2D eigenvalue weighted by atomic mass is 16.5. The van der Waals surface area contributed by atoms with Gasteiger partial charge in [-0.25, -0.2) is 0 Å². The SMILES string of the molecule is CCNCC(C)(CC)Oc1ccc2c(c1)CCCC2. The lowest BCUT2D eigenvalue weighted by Crippen LogP contribution is -2.42. The van der Waals surface area contributed by atoms with Gasteiger partial charge >= 0.3 is 0 Å². The predicted octanol–water partition coefficient (Wildman–Crippen LogP) is 3.72. The van der Waals surface area contributed by atoms with Gasteiger partial charge in [0, 0.05) is 6.54 Å². The number of aryl methyl sites for hydroxylation is 2. The quantitative estimate of drug-likeness (QED) is 0.842. The Balaban J connectivity index is 2.09. The topological polar surface area (TPSA) is 21.3 Å². The summed E-state index contributed by atoms with van der Waals surface area (Å²) in [5.41, 5.74) is 2.90. The summed E-state index contributed by atoms with van der Waals surface area (Å²) in [5.74, 6) is 1.03. The van der Waals surface area contributed by atoms with Crippen molar-refractivity contribution in [2.24, 2.45) is 0 Å². The average molecular weight is 261 g/mol. The van der Waals surface area contributed by atoms with Crippen LogP contribution in [0.3, 0.4) is 0 Å². The summed E-state index contributed by atoms with van der Waals surface area (Å²) in [5, 5.41) is 3.40. The van der Waals surface area contributed by atoms with Crippen LogP contribution in [0.15, 0.2) is 18.2 Å². The highest BCUT2D eigenvalue weighted by Crippen LogP contribution is 2.28. The molecule has 0 heterocycles. The van der Waals surface area contributed by atoms with Gasteiger partial charge in [-0.2, -0.15) is 0 Å². The molecule has 1 aliphatic carbocycles. The van der Waals surface area contributed by atoms with Crippen molar-refractivity contribution in [3.05, 3.63) is 29.3 Å². The average Bonchev–Trinajstić information content (AvgIpc) is 2.45. The van der Waals surface area contributed by atoms with Gasteiger partial charge in [0.15, 0.2) is 0 Å². The minimum absolute atomic E-state index is 0.112. The Bertz CT molecular complexity index is 416. The Labute approximate surface area is 117 Å². The largest absolute Gasteiger partial charge is 0.486 e. The van der Waals surface area contributed by atoms with E-state index in [2.05, 4.69) is 44.3 Å². The number of ether oxygens (including phenoxy) is 1. The van der Waals surface area contributed by atoms with Gasteiger partial charge in [-0.3, -0.25) is 0 Å². The van der Waals surface area contributed by atoms with E-state index in [-0.39, 0.29) is 5.60 Å². The van der Waals surface area contributed by atoms with E-state index in [4.69, 9.17) is 4.74 Å². The molecule has 19 heavy (non-hydrogen) atoms. The van der Waals surface area contributed by atoms with E-state index in [9.17, 15) is 0 Å². The first-order valence-electron chi connectivity index (χ1n) is 7.68. The molecule has 0 radical (unpaired) electrons. The molecule has 1 N–H and O–H groups in total. The van der Waals surface area contributed by atoms with Crippen molar-refractivity contribution in [3.8, 4) is 5.75 Å². The smallest absolute Gasteiger partial charge is 0.120 e. The fourth-order valence-electron chi connectivity index (χ4n) is 2.68. The van der Waals surface area contributed by atoms with Crippen LogP contribution in [-0.4, -0.2) is 18.7 Å². The second kappa shape index (κ2) is 6.42. The van der Waals surface area contributed by atoms with E-state index in [0.717, 1.165) is 25.3 Å². The minimum atomic E-state index is -0.112. The van der Waals surface area contributed by atoms with Crippen LogP contribution in [0, 0.1) is 0 Å². The molecule has 106 valence electrons. The molecule has 0 aromatic heterocycles. The zero-order valence-corrected chi connectivity index (χ0v) is 12.6. The number of benzene rings is 1. The molecule has 1 aliphatic rings. The molecule has 2 heteroatoms. The highest BCUT2D eigenvalue weighted by Gasteiger charge is 2.24. The van der Waals surface area contributed by atoms with Gasteiger partial charge in [0.2, 0.25) is 0 Å². The third kappa shape index (κ3) is 3.73. The molecular weight excluding hydrogens is 234 g/mol. The summed E-state index contributed by atoms with van der Waals surface area (Å²) >= 11 is 0. The first-order valence-corrected chi connectivity index (χ1v) is 7.68. The van der Waals surface area contributed by atoms with Gasteiger partial charge in [-0.05, 0) is 68.8 Å². The number of fused-ring (bicyclic) bond motifs is 1. The van der Waals surface area contributed by atoms with Crippen LogP contribution in [0.2, 0.25) is 0 Å². The van der Waals surface area contributed by atoms with Crippen molar-refractivity contribution in [2.75, 3.05) is 13.1 Å². The number of hydrogen-bond donors (Lipinski definition) is 1. The molecule has 2 nitrogen and oxygen atoms in total. The molecular formula is C17H27NO. The maximum absolute atomic E-state index is 6.26. The second-order valence-electron chi connectivity index (χ2n) is 5.82. The van der Waals surface area contributed by atoms with Crippen molar-refractivity contribution in [1.29, 1.82) is 0 Å². The lowest BCUT2D eigenvalue weighted by molar-refractivity contribution is 0.0840. The fourth-order valence-corrected chi connectivity index (χ4v) is 2.68. The van der Waals surface area contributed by atoms with Crippen LogP contribution in [0.25, 0.3) is 0 Å². The second-order valence-corrected chi connectivity index (χ2v) is 5.82. The Hall–Kier alpha value is -1.02. The van der Waals surface area contributed by atoms with Crippen molar-refractivity contribution in [1.82, 2.24) is 5.32 Å². The summed E-state index contributed by atoms with van der Waals surface area (Å²) in [6, 6.07) is 6.66. The molecule has 2 rings (SSSR count). The first kappa shape index (κ1) is 14.4. The molecule has 0 spiro atoms. The molecule has 0 saturated carbocycles. The van der Waals surface area contributed by atoms with Crippen LogP contribution >= 0.6 is 0 Å². The Morgan fingerprint density at radius 2 is 1.89 bits per heavy atom. The van der Waals surface area contributed by atoms with E-state index in [1.165, 1.54) is 36.8 Å². The van der Waals surface area contributed by atoms with Crippen molar-refractivity contribution in [2.45, 2.75) is 58.5 Å². The third-order valence-electron chi connectivity index (χ3n) is 4.18. The van der Waals surface area contributed by atoms with Crippen LogP contribution in [0.5, 0.6) is 5.75 Å². The summed E-state index contributed by atoms with van der Waals surface area (Å²) in [6.45, 7) is 8.40. The first-order chi connectivity index (χ1) is 9.17. The monoisotopic (exact) mass is 261 g/mol. The number of likely N-dealkylation sites (N-methyl/N-ethyl adjacent to an activating group) is 1. The number of hydrogen-bond acceptors (Lipinski definition) is 2. The molecule has 1 aromatic rings. The van der Waals surface area contributed by atoms with Crippen molar-refractivity contribution in [3.63, 3.8) is 0 Å². The Morgan fingerprint density at radius 3 is 2.58 bits per heavy atom. The Morgan fingerprint density at radius 1 is 1.16 bits per heavy atom. The summed E-state index contributed by atoms with van der Waals surface area (Å²) in [7, 11) is 0. The maximum Gasteiger partial charge on any atom is 0.120 e. The molecule has 0 saturated heterocycles. The lowest BCUT2D eigenvalue weighted by atomic mass is 9.91. The van der Waals surface area contributed by atoms with Gasteiger partial charge in [0.25, 0.3) is 0 Å². The zero-order valence-electron chi connectivity index (χ0n) is 12.6. The minimum Gasteiger partial charge on any atom is -0.486 e. The van der Waals surface area contributed by atoms with E-state index >= 15 is 0 Å². The van der Waals surface area contributed by atoms with Crippen molar-refractivity contribution >= 4 is 0 Å². The van der Waals surface area contributed by atoms with Crippen LogP contribution < -0.4 is 10.1 Å². The van der Waals surface area contributed by atoms with Crippen LogP contribution in [0.1, 0.15) is 51.2 Å². The van der Waals surface area contributed by atoms with E-state index in [1.54, 1.807) is 0 Å². The molecule has 0 amide bonds. The van der Waals surface area contributed by atoms with E-state index in [0.29, 0.717) is 0 Å². The van der Waals surface area contributed by atoms with E-state index in [1.807, 2.05) is 0 Å². The van der Waals surface area contributed by atoms with Gasteiger partial charge in [-0.15, -0.1) is 0 Å². The fraction of sp³-hybridized carbons (Fsp3) is 0.647. The molecule has 1 atom stereocenters. The highest BCUT2D eigenvalue weighted by molar-refractivity contribution is 5.37. The molecule has 1 aromatic carbocycles. The van der Waals surface area contributed by atoms with Gasteiger partial charge < -0.3 is 10.1 Å². The predicted molar refractivity (Wildman–Crippen MR) is 81.0 cm³/mol. The molecule has 1 unspecified atom stereocenters. The Kier molecular flexibility index (Phi) is 4.87. The lowest BCUT2D eigenvalue weighted by Gasteiger charge is -2.30. The summed E-state index contributed by atoms with van der Waals surface area (Å²) in [4.78, 5) is 0. The van der Waals surface area contributed by atoms with Crippen molar-refractivity contribution < 1.29 is 4.74 Å². The third-order valence-corrected chi connectivity index (χ3v) is 4.18. The maximum atomic E-state index is 6.26. The van der Waals surface area contributed by atoms with Gasteiger partial charge in [-0.1, -0.05) is 19.9 Å². The summed E-state index contributed by atoms with van der Waals surface area (Å²) in [6.07, 6.45) is 6.11. The van der Waals surface area contributed by atoms with E-state index < -0.39 is 0 Å². The molecule has 0 fully saturated rings. The van der Waals surface area contributed by atoms with Crippen LogP contribution in [-0.2, 0) is 12.8 Å². The van der Waals surface area contributed by atoms with Gasteiger partial charge in [0.05, 0.1) is 0 Å². The number of nitrogens with one attached hydrogen (secondary N) is 1.